The van der Waals surface area contributed by atoms with Crippen molar-refractivity contribution in [3.05, 3.63) is 50.1 Å². The van der Waals surface area contributed by atoms with Gasteiger partial charge in [0.05, 0.1) is 12.7 Å². The van der Waals surface area contributed by atoms with E-state index < -0.39 is 17.5 Å². The van der Waals surface area contributed by atoms with Crippen molar-refractivity contribution < 1.29 is 22.7 Å². The zero-order valence-corrected chi connectivity index (χ0v) is 12.5. The summed E-state index contributed by atoms with van der Waals surface area (Å²) in [6, 6.07) is 4.58. The molecule has 7 heteroatoms. The van der Waals surface area contributed by atoms with Crippen LogP contribution in [-0.4, -0.2) is 12.9 Å². The number of carbonyl (C=O) groups excluding carboxylic acids is 1. The number of hydrogen-bond donors (Lipinski definition) is 0. The third-order valence-corrected chi connectivity index (χ3v) is 4.18. The van der Waals surface area contributed by atoms with Crippen molar-refractivity contribution in [3.63, 3.8) is 0 Å². The highest BCUT2D eigenvalue weighted by Crippen LogP contribution is 2.34. The van der Waals surface area contributed by atoms with Gasteiger partial charge in [0.1, 0.15) is 10.6 Å². The van der Waals surface area contributed by atoms with Gasteiger partial charge in [-0.3, -0.25) is 4.79 Å². The number of thiophene rings is 1. The molecule has 0 saturated heterocycles. The van der Waals surface area contributed by atoms with E-state index in [1.165, 1.54) is 13.2 Å². The molecular formula is C13H8BrF3O2S. The number of halogens is 4. The Morgan fingerprint density at radius 3 is 2.60 bits per heavy atom. The van der Waals surface area contributed by atoms with Crippen LogP contribution in [0, 0.1) is 0 Å². The Kier molecular flexibility index (Phi) is 4.19. The molecule has 106 valence electrons. The van der Waals surface area contributed by atoms with Gasteiger partial charge in [-0.1, -0.05) is 15.9 Å². The van der Waals surface area contributed by atoms with Crippen LogP contribution in [0.1, 0.15) is 20.8 Å². The van der Waals surface area contributed by atoms with Gasteiger partial charge >= 0.3 is 6.18 Å². The molecule has 0 atom stereocenters. The Morgan fingerprint density at radius 2 is 2.00 bits per heavy atom. The first-order valence-electron chi connectivity index (χ1n) is 5.37. The molecule has 0 saturated carbocycles. The molecule has 1 aromatic carbocycles. The molecule has 0 N–H and O–H groups in total. The molecule has 1 heterocycles. The fourth-order valence-corrected chi connectivity index (χ4v) is 2.86. The van der Waals surface area contributed by atoms with Crippen LogP contribution in [0.15, 0.2) is 34.1 Å². The number of carbonyl (C=O) groups is 1. The first-order valence-corrected chi connectivity index (χ1v) is 7.04. The van der Waals surface area contributed by atoms with Crippen LogP contribution in [0.3, 0.4) is 0 Å². The summed E-state index contributed by atoms with van der Waals surface area (Å²) < 4.78 is 43.4. The van der Waals surface area contributed by atoms with Gasteiger partial charge in [0.2, 0.25) is 5.78 Å². The molecule has 2 rings (SSSR count). The molecule has 0 aliphatic carbocycles. The second kappa shape index (κ2) is 5.57. The quantitative estimate of drug-likeness (QED) is 0.733. The highest BCUT2D eigenvalue weighted by Gasteiger charge is 2.32. The molecule has 0 aliphatic rings. The Hall–Kier alpha value is -1.34. The number of hydrogen-bond acceptors (Lipinski definition) is 3. The van der Waals surface area contributed by atoms with Gasteiger partial charge in [0.25, 0.3) is 0 Å². The average molecular weight is 365 g/mol. The number of ether oxygens (including phenoxy) is 1. The Morgan fingerprint density at radius 1 is 1.30 bits per heavy atom. The summed E-state index contributed by atoms with van der Waals surface area (Å²) in [6.07, 6.45) is -4.49. The summed E-state index contributed by atoms with van der Waals surface area (Å²) in [5.41, 5.74) is -0.903. The third-order valence-electron chi connectivity index (χ3n) is 2.59. The third kappa shape index (κ3) is 2.88. The van der Waals surface area contributed by atoms with E-state index in [1.54, 1.807) is 11.4 Å². The summed E-state index contributed by atoms with van der Waals surface area (Å²) in [5.74, 6) is -0.154. The van der Waals surface area contributed by atoms with Crippen molar-refractivity contribution in [2.45, 2.75) is 6.18 Å². The number of rotatable bonds is 3. The number of ketones is 1. The molecule has 20 heavy (non-hydrogen) atoms. The lowest BCUT2D eigenvalue weighted by molar-refractivity contribution is -0.137. The van der Waals surface area contributed by atoms with E-state index in [4.69, 9.17) is 4.74 Å². The normalized spacial score (nSPS) is 11.4. The number of benzene rings is 1. The van der Waals surface area contributed by atoms with E-state index in [2.05, 4.69) is 15.9 Å². The van der Waals surface area contributed by atoms with Gasteiger partial charge < -0.3 is 4.74 Å². The monoisotopic (exact) mass is 364 g/mol. The molecule has 0 unspecified atom stereocenters. The fraction of sp³-hybridized carbons (Fsp3) is 0.154. The van der Waals surface area contributed by atoms with Crippen molar-refractivity contribution in [3.8, 4) is 5.75 Å². The molecule has 0 spiro atoms. The summed E-state index contributed by atoms with van der Waals surface area (Å²) in [7, 11) is 1.40. The van der Waals surface area contributed by atoms with Crippen LogP contribution in [0.25, 0.3) is 0 Å². The van der Waals surface area contributed by atoms with Crippen LogP contribution in [-0.2, 0) is 6.18 Å². The van der Waals surface area contributed by atoms with Crippen LogP contribution >= 0.6 is 27.3 Å². The highest BCUT2D eigenvalue weighted by atomic mass is 79.9. The number of alkyl halides is 3. The van der Waals surface area contributed by atoms with Crippen molar-refractivity contribution in [1.82, 2.24) is 0 Å². The minimum Gasteiger partial charge on any atom is -0.495 e. The standard InChI is InChI=1S/C13H8BrF3O2S/c1-19-10-4-5-20-12(10)11(18)8-6-7(13(15,16)17)2-3-9(8)14/h2-6H,1H3. The van der Waals surface area contributed by atoms with E-state index in [1.807, 2.05) is 0 Å². The maximum atomic E-state index is 12.7. The van der Waals surface area contributed by atoms with E-state index >= 15 is 0 Å². The van der Waals surface area contributed by atoms with Gasteiger partial charge in [0, 0.05) is 10.0 Å². The molecule has 0 radical (unpaired) electrons. The highest BCUT2D eigenvalue weighted by molar-refractivity contribution is 9.10. The van der Waals surface area contributed by atoms with Crippen LogP contribution < -0.4 is 4.74 Å². The molecule has 0 amide bonds. The minimum atomic E-state index is -4.49. The Labute approximate surface area is 125 Å². The molecule has 1 aromatic heterocycles. The topological polar surface area (TPSA) is 26.3 Å². The zero-order valence-electron chi connectivity index (χ0n) is 10.1. The van der Waals surface area contributed by atoms with Gasteiger partial charge in [0.15, 0.2) is 0 Å². The van der Waals surface area contributed by atoms with Crippen molar-refractivity contribution in [2.24, 2.45) is 0 Å². The Bertz CT molecular complexity index is 649. The minimum absolute atomic E-state index is 0.0411. The maximum absolute atomic E-state index is 12.7. The molecule has 0 aliphatic heterocycles. The molecule has 0 fully saturated rings. The van der Waals surface area contributed by atoms with Gasteiger partial charge in [-0.05, 0) is 29.6 Å². The smallest absolute Gasteiger partial charge is 0.416 e. The van der Waals surface area contributed by atoms with Crippen LogP contribution in [0.5, 0.6) is 5.75 Å². The second-order valence-corrected chi connectivity index (χ2v) is 5.61. The molecular weight excluding hydrogens is 357 g/mol. The molecule has 2 aromatic rings. The SMILES string of the molecule is COc1ccsc1C(=O)c1cc(C(F)(F)F)ccc1Br. The first kappa shape index (κ1) is 15.1. The molecule has 2 nitrogen and oxygen atoms in total. The number of methoxy groups -OCH3 is 1. The summed E-state index contributed by atoms with van der Waals surface area (Å²) in [6.45, 7) is 0. The van der Waals surface area contributed by atoms with E-state index in [9.17, 15) is 18.0 Å². The average Bonchev–Trinajstić information content (AvgIpc) is 2.85. The van der Waals surface area contributed by atoms with Gasteiger partial charge in [-0.15, -0.1) is 11.3 Å². The lowest BCUT2D eigenvalue weighted by atomic mass is 10.1. The molecule has 0 bridgehead atoms. The largest absolute Gasteiger partial charge is 0.495 e. The Balaban J connectivity index is 2.50. The van der Waals surface area contributed by atoms with E-state index in [-0.39, 0.29) is 10.4 Å². The predicted octanol–water partition coefficient (Wildman–Crippen LogP) is 4.77. The fourth-order valence-electron chi connectivity index (χ4n) is 1.62. The zero-order chi connectivity index (χ0) is 14.9. The van der Waals surface area contributed by atoms with Crippen LogP contribution in [0.2, 0.25) is 0 Å². The van der Waals surface area contributed by atoms with Crippen LogP contribution in [0.4, 0.5) is 13.2 Å². The van der Waals surface area contributed by atoms with Crippen molar-refractivity contribution >= 4 is 33.0 Å². The maximum Gasteiger partial charge on any atom is 0.416 e. The van der Waals surface area contributed by atoms with E-state index in [0.29, 0.717) is 10.2 Å². The van der Waals surface area contributed by atoms with Crippen molar-refractivity contribution in [2.75, 3.05) is 7.11 Å². The summed E-state index contributed by atoms with van der Waals surface area (Å²) in [4.78, 5) is 12.6. The summed E-state index contributed by atoms with van der Waals surface area (Å²) >= 11 is 4.23. The lowest BCUT2D eigenvalue weighted by Crippen LogP contribution is -2.08. The summed E-state index contributed by atoms with van der Waals surface area (Å²) in [5, 5.41) is 1.65. The van der Waals surface area contributed by atoms with E-state index in [0.717, 1.165) is 23.5 Å². The van der Waals surface area contributed by atoms with Crippen molar-refractivity contribution in [1.29, 1.82) is 0 Å². The predicted molar refractivity (Wildman–Crippen MR) is 73.4 cm³/mol. The van der Waals surface area contributed by atoms with Gasteiger partial charge in [-0.25, -0.2) is 0 Å². The van der Waals surface area contributed by atoms with Gasteiger partial charge in [-0.2, -0.15) is 13.2 Å². The lowest BCUT2D eigenvalue weighted by Gasteiger charge is -2.10. The second-order valence-electron chi connectivity index (χ2n) is 3.84. The first-order chi connectivity index (χ1) is 9.34.